The topological polar surface area (TPSA) is 141 Å². The minimum atomic E-state index is -0.472. The molecule has 12 nitrogen and oxygen atoms in total. The van der Waals surface area contributed by atoms with Gasteiger partial charge in [0.2, 0.25) is 0 Å². The van der Waals surface area contributed by atoms with E-state index in [2.05, 4.69) is 25.5 Å². The van der Waals surface area contributed by atoms with Crippen LogP contribution < -0.4 is 5.32 Å². The van der Waals surface area contributed by atoms with Gasteiger partial charge in [0.1, 0.15) is 17.9 Å². The molecule has 1 amide bonds. The molecule has 152 valence electrons. The first-order valence-electron chi connectivity index (χ1n) is 9.05. The molecular formula is C16H23N7O5. The first-order valence-corrected chi connectivity index (χ1v) is 9.05. The second-order valence-corrected chi connectivity index (χ2v) is 6.51. The largest absolute Gasteiger partial charge is 0.379 e. The van der Waals surface area contributed by atoms with Crippen LogP contribution in [-0.2, 0) is 11.3 Å². The molecule has 0 unspecified atom stereocenters. The molecule has 1 aliphatic heterocycles. The van der Waals surface area contributed by atoms with Gasteiger partial charge >= 0.3 is 17.5 Å². The first-order chi connectivity index (χ1) is 13.5. The number of hydrogen-bond acceptors (Lipinski definition) is 9. The number of morpholine rings is 1. The highest BCUT2D eigenvalue weighted by atomic mass is 16.6. The van der Waals surface area contributed by atoms with Crippen molar-refractivity contribution in [2.75, 3.05) is 39.4 Å². The molecule has 0 radical (unpaired) electrons. The van der Waals surface area contributed by atoms with Crippen LogP contribution in [0.15, 0.2) is 4.52 Å². The predicted molar refractivity (Wildman–Crippen MR) is 96.0 cm³/mol. The monoisotopic (exact) mass is 393 g/mol. The molecule has 2 aromatic rings. The molecule has 12 heteroatoms. The van der Waals surface area contributed by atoms with Gasteiger partial charge in [-0.3, -0.25) is 24.5 Å². The van der Waals surface area contributed by atoms with Crippen LogP contribution in [0.1, 0.15) is 34.3 Å². The molecule has 1 saturated heterocycles. The molecule has 1 N–H and O–H groups in total. The number of amides is 1. The molecule has 28 heavy (non-hydrogen) atoms. The molecular weight excluding hydrogens is 370 g/mol. The maximum absolute atomic E-state index is 12.1. The Bertz CT molecular complexity index is 841. The highest BCUT2D eigenvalue weighted by Gasteiger charge is 2.23. The normalized spacial score (nSPS) is 14.9. The Morgan fingerprint density at radius 1 is 1.32 bits per heavy atom. The fourth-order valence-corrected chi connectivity index (χ4v) is 3.05. The van der Waals surface area contributed by atoms with Gasteiger partial charge in [-0.25, -0.2) is 0 Å². The summed E-state index contributed by atoms with van der Waals surface area (Å²) < 4.78 is 11.7. The quantitative estimate of drug-likeness (QED) is 0.380. The van der Waals surface area contributed by atoms with Crippen molar-refractivity contribution in [2.45, 2.75) is 26.8 Å². The molecule has 0 atom stereocenters. The van der Waals surface area contributed by atoms with E-state index in [1.54, 1.807) is 13.8 Å². The van der Waals surface area contributed by atoms with Crippen molar-refractivity contribution in [2.24, 2.45) is 0 Å². The number of carbonyl (C=O) groups is 1. The Morgan fingerprint density at radius 3 is 2.75 bits per heavy atom. The van der Waals surface area contributed by atoms with Crippen LogP contribution in [0, 0.1) is 24.0 Å². The summed E-state index contributed by atoms with van der Waals surface area (Å²) in [6.45, 7) is 7.93. The highest BCUT2D eigenvalue weighted by molar-refractivity contribution is 5.89. The summed E-state index contributed by atoms with van der Waals surface area (Å²) in [7, 11) is 0. The van der Waals surface area contributed by atoms with E-state index in [4.69, 9.17) is 9.26 Å². The van der Waals surface area contributed by atoms with Crippen molar-refractivity contribution in [3.63, 3.8) is 0 Å². The second-order valence-electron chi connectivity index (χ2n) is 6.51. The summed E-state index contributed by atoms with van der Waals surface area (Å²) in [5, 5.41) is 21.7. The lowest BCUT2D eigenvalue weighted by Gasteiger charge is -2.26. The lowest BCUT2D eigenvalue weighted by atomic mass is 10.3. The number of nitro groups is 1. The van der Waals surface area contributed by atoms with Gasteiger partial charge in [0.05, 0.1) is 18.1 Å². The van der Waals surface area contributed by atoms with Crippen LogP contribution in [-0.4, -0.2) is 75.0 Å². The van der Waals surface area contributed by atoms with E-state index < -0.39 is 10.8 Å². The molecule has 0 bridgehead atoms. The fraction of sp³-hybridized carbons (Fsp3) is 0.625. The molecule has 0 saturated carbocycles. The van der Waals surface area contributed by atoms with Gasteiger partial charge in [0.25, 0.3) is 0 Å². The van der Waals surface area contributed by atoms with Gasteiger partial charge in [-0.15, -0.1) is 0 Å². The van der Waals surface area contributed by atoms with Gasteiger partial charge in [0.15, 0.2) is 5.82 Å². The summed E-state index contributed by atoms with van der Waals surface area (Å²) in [4.78, 5) is 29.1. The van der Waals surface area contributed by atoms with E-state index in [0.29, 0.717) is 17.9 Å². The Labute approximate surface area is 161 Å². The Kier molecular flexibility index (Phi) is 6.31. The number of nitrogens with zero attached hydrogens (tertiary/aromatic N) is 6. The summed E-state index contributed by atoms with van der Waals surface area (Å²) in [6, 6.07) is 0. The highest BCUT2D eigenvalue weighted by Crippen LogP contribution is 2.22. The summed E-state index contributed by atoms with van der Waals surface area (Å²) in [5.41, 5.74) is 0.660. The van der Waals surface area contributed by atoms with Crippen LogP contribution in [0.3, 0.4) is 0 Å². The average molecular weight is 393 g/mol. The van der Waals surface area contributed by atoms with Crippen molar-refractivity contribution < 1.29 is 19.0 Å². The number of hydrogen-bond donors (Lipinski definition) is 1. The maximum Gasteiger partial charge on any atom is 0.316 e. The van der Waals surface area contributed by atoms with E-state index in [-0.39, 0.29) is 23.9 Å². The predicted octanol–water partition coefficient (Wildman–Crippen LogP) is 0.292. The van der Waals surface area contributed by atoms with Gasteiger partial charge in [-0.1, -0.05) is 5.16 Å². The third-order valence-electron chi connectivity index (χ3n) is 4.52. The standard InChI is InChI=1S/C16H23N7O5/c1-11-14(23(25)26)12(2)22(19-11)10-13-18-16(28-20-13)15(24)17-4-3-5-21-6-8-27-9-7-21/h3-10H2,1-2H3,(H,17,24). The van der Waals surface area contributed by atoms with Gasteiger partial charge in [-0.2, -0.15) is 10.1 Å². The maximum atomic E-state index is 12.1. The number of rotatable bonds is 8. The van der Waals surface area contributed by atoms with Crippen molar-refractivity contribution in [3.8, 4) is 0 Å². The molecule has 3 rings (SSSR count). The van der Waals surface area contributed by atoms with E-state index in [0.717, 1.165) is 39.3 Å². The zero-order valence-electron chi connectivity index (χ0n) is 15.9. The zero-order chi connectivity index (χ0) is 20.1. The molecule has 1 fully saturated rings. The Hall–Kier alpha value is -2.86. The molecule has 0 spiro atoms. The summed E-state index contributed by atoms with van der Waals surface area (Å²) >= 11 is 0. The van der Waals surface area contributed by atoms with E-state index in [1.165, 1.54) is 4.68 Å². The number of aromatic nitrogens is 4. The van der Waals surface area contributed by atoms with E-state index in [1.807, 2.05) is 0 Å². The van der Waals surface area contributed by atoms with Crippen molar-refractivity contribution in [1.82, 2.24) is 30.1 Å². The number of ether oxygens (including phenoxy) is 1. The second kappa shape index (κ2) is 8.89. The van der Waals surface area contributed by atoms with Crippen molar-refractivity contribution in [3.05, 3.63) is 33.2 Å². The molecule has 1 aliphatic rings. The SMILES string of the molecule is Cc1nn(Cc2noc(C(=O)NCCCN3CCOCC3)n2)c(C)c1[N+](=O)[O-]. The van der Waals surface area contributed by atoms with Crippen molar-refractivity contribution in [1.29, 1.82) is 0 Å². The molecule has 0 aliphatic carbocycles. The molecule has 2 aromatic heterocycles. The van der Waals surface area contributed by atoms with Gasteiger partial charge in [-0.05, 0) is 26.8 Å². The fourth-order valence-electron chi connectivity index (χ4n) is 3.05. The third kappa shape index (κ3) is 4.70. The number of aryl methyl sites for hydroxylation is 1. The molecule has 0 aromatic carbocycles. The number of nitrogens with one attached hydrogen (secondary N) is 1. The van der Waals surface area contributed by atoms with Crippen LogP contribution in [0.5, 0.6) is 0 Å². The van der Waals surface area contributed by atoms with Crippen LogP contribution in [0.25, 0.3) is 0 Å². The van der Waals surface area contributed by atoms with Gasteiger partial charge < -0.3 is 14.6 Å². The summed E-state index contributed by atoms with van der Waals surface area (Å²) in [6.07, 6.45) is 0.808. The Morgan fingerprint density at radius 2 is 2.07 bits per heavy atom. The van der Waals surface area contributed by atoms with E-state index >= 15 is 0 Å². The summed E-state index contributed by atoms with van der Waals surface area (Å²) in [5.74, 6) is -0.364. The smallest absolute Gasteiger partial charge is 0.316 e. The zero-order valence-corrected chi connectivity index (χ0v) is 15.9. The average Bonchev–Trinajstić information content (AvgIpc) is 3.24. The lowest BCUT2D eigenvalue weighted by molar-refractivity contribution is -0.386. The minimum absolute atomic E-state index is 0.0401. The molecule has 3 heterocycles. The van der Waals surface area contributed by atoms with Crippen molar-refractivity contribution >= 4 is 11.6 Å². The minimum Gasteiger partial charge on any atom is -0.379 e. The van der Waals surface area contributed by atoms with Crippen LogP contribution in [0.4, 0.5) is 5.69 Å². The van der Waals surface area contributed by atoms with Crippen LogP contribution in [0.2, 0.25) is 0 Å². The van der Waals surface area contributed by atoms with Gasteiger partial charge in [0, 0.05) is 19.6 Å². The van der Waals surface area contributed by atoms with E-state index in [9.17, 15) is 14.9 Å². The first kappa shape index (κ1) is 19.9. The number of carbonyl (C=O) groups excluding carboxylic acids is 1. The Balaban J connectivity index is 1.50. The van der Waals surface area contributed by atoms with Crippen LogP contribution >= 0.6 is 0 Å². The lowest BCUT2D eigenvalue weighted by Crippen LogP contribution is -2.38. The third-order valence-corrected chi connectivity index (χ3v) is 4.52.